The van der Waals surface area contributed by atoms with Gasteiger partial charge in [0.2, 0.25) is 0 Å². The number of H-pyrrole nitrogens is 1. The first-order valence-electron chi connectivity index (χ1n) is 9.15. The molecule has 0 spiro atoms. The second-order valence-corrected chi connectivity index (χ2v) is 6.94. The summed E-state index contributed by atoms with van der Waals surface area (Å²) in [5.74, 6) is 0.552. The molecule has 1 amide bonds. The van der Waals surface area contributed by atoms with E-state index in [0.29, 0.717) is 18.0 Å². The largest absolute Gasteiger partial charge is 0.384 e. The molecule has 0 aliphatic rings. The molecule has 0 radical (unpaired) electrons. The molecule has 0 fully saturated rings. The van der Waals surface area contributed by atoms with Gasteiger partial charge in [0.15, 0.2) is 0 Å². The zero-order chi connectivity index (χ0) is 18.4. The van der Waals surface area contributed by atoms with Crippen LogP contribution in [-0.4, -0.2) is 29.0 Å². The van der Waals surface area contributed by atoms with E-state index in [1.165, 1.54) is 10.9 Å². The Hall–Kier alpha value is -2.82. The van der Waals surface area contributed by atoms with Crippen molar-refractivity contribution < 1.29 is 4.79 Å². The molecule has 0 atom stereocenters. The summed E-state index contributed by atoms with van der Waals surface area (Å²) in [5, 5.41) is 7.51. The number of aromatic nitrogens is 2. The highest BCUT2D eigenvalue weighted by Gasteiger charge is 2.08. The molecule has 2 aromatic heterocycles. The molecule has 2 heterocycles. The summed E-state index contributed by atoms with van der Waals surface area (Å²) in [5.41, 5.74) is 3.80. The Kier molecular flexibility index (Phi) is 5.89. The second kappa shape index (κ2) is 8.52. The Bertz CT molecular complexity index is 869. The van der Waals surface area contributed by atoms with Crippen molar-refractivity contribution in [1.82, 2.24) is 15.3 Å². The van der Waals surface area contributed by atoms with E-state index in [1.807, 2.05) is 24.4 Å². The van der Waals surface area contributed by atoms with E-state index >= 15 is 0 Å². The van der Waals surface area contributed by atoms with Crippen molar-refractivity contribution in [2.24, 2.45) is 5.92 Å². The lowest BCUT2D eigenvalue weighted by Crippen LogP contribution is -2.25. The Labute approximate surface area is 154 Å². The van der Waals surface area contributed by atoms with Gasteiger partial charge in [-0.2, -0.15) is 0 Å². The number of anilines is 1. The number of nitrogens with one attached hydrogen (secondary N) is 3. The molecule has 3 N–H and O–H groups in total. The standard InChI is InChI=1S/C21H26N4O/c1-15(2)7-9-23-18-11-17(12-22-14-18)21(26)24-10-8-16-13-25-20-6-4-3-5-19(16)20/h3-6,11-15,23,25H,7-10H2,1-2H3,(H,24,26). The van der Waals surface area contributed by atoms with Gasteiger partial charge in [0.05, 0.1) is 11.3 Å². The molecule has 3 aromatic rings. The van der Waals surface area contributed by atoms with Gasteiger partial charge in [0.1, 0.15) is 0 Å². The minimum absolute atomic E-state index is 0.0927. The van der Waals surface area contributed by atoms with Crippen LogP contribution in [0.2, 0.25) is 0 Å². The number of benzene rings is 1. The smallest absolute Gasteiger partial charge is 0.252 e. The normalized spacial score (nSPS) is 11.0. The number of amides is 1. The predicted octanol–water partition coefficient (Wildman–Crippen LogP) is 3.99. The van der Waals surface area contributed by atoms with E-state index < -0.39 is 0 Å². The average molecular weight is 350 g/mol. The number of nitrogens with zero attached hydrogens (tertiary/aromatic N) is 1. The Morgan fingerprint density at radius 3 is 2.88 bits per heavy atom. The van der Waals surface area contributed by atoms with Gasteiger partial charge in [-0.1, -0.05) is 32.0 Å². The van der Waals surface area contributed by atoms with Crippen LogP contribution in [0.3, 0.4) is 0 Å². The fourth-order valence-corrected chi connectivity index (χ4v) is 2.92. The van der Waals surface area contributed by atoms with Gasteiger partial charge in [0.25, 0.3) is 5.91 Å². The van der Waals surface area contributed by atoms with Crippen molar-refractivity contribution in [1.29, 1.82) is 0 Å². The van der Waals surface area contributed by atoms with Crippen LogP contribution in [-0.2, 0) is 6.42 Å². The second-order valence-electron chi connectivity index (χ2n) is 6.94. The molecule has 26 heavy (non-hydrogen) atoms. The fourth-order valence-electron chi connectivity index (χ4n) is 2.92. The van der Waals surface area contributed by atoms with Crippen LogP contribution in [0, 0.1) is 5.92 Å². The molecule has 0 bridgehead atoms. The molecule has 0 aliphatic carbocycles. The summed E-state index contributed by atoms with van der Waals surface area (Å²) < 4.78 is 0. The van der Waals surface area contributed by atoms with Crippen molar-refractivity contribution in [2.75, 3.05) is 18.4 Å². The van der Waals surface area contributed by atoms with Crippen molar-refractivity contribution in [3.8, 4) is 0 Å². The summed E-state index contributed by atoms with van der Waals surface area (Å²) in [6, 6.07) is 10.1. The molecule has 5 nitrogen and oxygen atoms in total. The Morgan fingerprint density at radius 1 is 1.19 bits per heavy atom. The quantitative estimate of drug-likeness (QED) is 0.575. The maximum atomic E-state index is 12.4. The summed E-state index contributed by atoms with van der Waals surface area (Å²) in [7, 11) is 0. The third-order valence-corrected chi connectivity index (χ3v) is 4.41. The highest BCUT2D eigenvalue weighted by atomic mass is 16.1. The van der Waals surface area contributed by atoms with Crippen LogP contribution in [0.4, 0.5) is 5.69 Å². The third-order valence-electron chi connectivity index (χ3n) is 4.41. The van der Waals surface area contributed by atoms with Gasteiger partial charge >= 0.3 is 0 Å². The monoisotopic (exact) mass is 350 g/mol. The van der Waals surface area contributed by atoms with E-state index in [1.54, 1.807) is 12.4 Å². The van der Waals surface area contributed by atoms with Gasteiger partial charge in [-0.25, -0.2) is 0 Å². The van der Waals surface area contributed by atoms with E-state index in [9.17, 15) is 4.79 Å². The molecule has 5 heteroatoms. The van der Waals surface area contributed by atoms with Gasteiger partial charge in [-0.3, -0.25) is 9.78 Å². The van der Waals surface area contributed by atoms with Crippen LogP contribution in [0.15, 0.2) is 48.9 Å². The molecule has 136 valence electrons. The lowest BCUT2D eigenvalue weighted by atomic mass is 10.1. The summed E-state index contributed by atoms with van der Waals surface area (Å²) >= 11 is 0. The molecule has 0 saturated carbocycles. The molecule has 3 rings (SSSR count). The third kappa shape index (κ3) is 4.63. The van der Waals surface area contributed by atoms with Crippen molar-refractivity contribution in [3.05, 3.63) is 60.0 Å². The number of pyridine rings is 1. The summed E-state index contributed by atoms with van der Waals surface area (Å²) in [6.07, 6.45) is 7.24. The van der Waals surface area contributed by atoms with Crippen LogP contribution in [0.5, 0.6) is 0 Å². The number of fused-ring (bicyclic) bond motifs is 1. The maximum Gasteiger partial charge on any atom is 0.252 e. The number of para-hydroxylation sites is 1. The number of aromatic amines is 1. The number of rotatable bonds is 8. The predicted molar refractivity (Wildman–Crippen MR) is 107 cm³/mol. The topological polar surface area (TPSA) is 69.8 Å². The molecular formula is C21H26N4O. The summed E-state index contributed by atoms with van der Waals surface area (Å²) in [4.78, 5) is 19.8. The Balaban J connectivity index is 1.53. The molecular weight excluding hydrogens is 324 g/mol. The number of hydrogen-bond donors (Lipinski definition) is 3. The number of hydrogen-bond acceptors (Lipinski definition) is 3. The highest BCUT2D eigenvalue weighted by Crippen LogP contribution is 2.17. The lowest BCUT2D eigenvalue weighted by molar-refractivity contribution is 0.0954. The van der Waals surface area contributed by atoms with E-state index in [4.69, 9.17) is 0 Å². The molecule has 0 saturated heterocycles. The minimum atomic E-state index is -0.0927. The van der Waals surface area contributed by atoms with Crippen molar-refractivity contribution >= 4 is 22.5 Å². The first-order chi connectivity index (χ1) is 12.6. The lowest BCUT2D eigenvalue weighted by Gasteiger charge is -2.09. The van der Waals surface area contributed by atoms with E-state index in [2.05, 4.69) is 46.6 Å². The van der Waals surface area contributed by atoms with Crippen molar-refractivity contribution in [3.63, 3.8) is 0 Å². The van der Waals surface area contributed by atoms with Crippen molar-refractivity contribution in [2.45, 2.75) is 26.7 Å². The van der Waals surface area contributed by atoms with Gasteiger partial charge in [-0.15, -0.1) is 0 Å². The molecule has 0 aliphatic heterocycles. The Morgan fingerprint density at radius 2 is 2.04 bits per heavy atom. The van der Waals surface area contributed by atoms with E-state index in [-0.39, 0.29) is 5.91 Å². The van der Waals surface area contributed by atoms with Crippen LogP contribution >= 0.6 is 0 Å². The minimum Gasteiger partial charge on any atom is -0.384 e. The first kappa shape index (κ1) is 18.0. The average Bonchev–Trinajstić information content (AvgIpc) is 3.05. The van der Waals surface area contributed by atoms with Gasteiger partial charge in [0, 0.05) is 42.6 Å². The first-order valence-corrected chi connectivity index (χ1v) is 9.15. The zero-order valence-corrected chi connectivity index (χ0v) is 15.4. The SMILES string of the molecule is CC(C)CCNc1cncc(C(=O)NCCc2c[nH]c3ccccc23)c1. The van der Waals surface area contributed by atoms with E-state index in [0.717, 1.165) is 30.6 Å². The van der Waals surface area contributed by atoms with Gasteiger partial charge < -0.3 is 15.6 Å². The fraction of sp³-hybridized carbons (Fsp3) is 0.333. The van der Waals surface area contributed by atoms with Crippen LogP contribution in [0.1, 0.15) is 36.2 Å². The summed E-state index contributed by atoms with van der Waals surface area (Å²) in [6.45, 7) is 5.85. The maximum absolute atomic E-state index is 12.4. The highest BCUT2D eigenvalue weighted by molar-refractivity contribution is 5.94. The number of carbonyl (C=O) groups excluding carboxylic acids is 1. The van der Waals surface area contributed by atoms with Gasteiger partial charge in [-0.05, 0) is 36.5 Å². The number of carbonyl (C=O) groups is 1. The molecule has 1 aromatic carbocycles. The van der Waals surface area contributed by atoms with Crippen LogP contribution in [0.25, 0.3) is 10.9 Å². The molecule has 0 unspecified atom stereocenters. The zero-order valence-electron chi connectivity index (χ0n) is 15.4. The van der Waals surface area contributed by atoms with Crippen LogP contribution < -0.4 is 10.6 Å².